The lowest BCUT2D eigenvalue weighted by atomic mass is 10.1. The fourth-order valence-electron chi connectivity index (χ4n) is 2.19. The molecule has 1 aliphatic heterocycles. The van der Waals surface area contributed by atoms with E-state index in [1.54, 1.807) is 0 Å². The van der Waals surface area contributed by atoms with Crippen molar-refractivity contribution in [3.05, 3.63) is 64.8 Å². The molecule has 0 atom stereocenters. The molecule has 0 bridgehead atoms. The number of nitro groups is 1. The predicted octanol–water partition coefficient (Wildman–Crippen LogP) is 1.97. The third-order valence-corrected chi connectivity index (χ3v) is 3.68. The van der Waals surface area contributed by atoms with Gasteiger partial charge in [-0.1, -0.05) is 18.7 Å². The van der Waals surface area contributed by atoms with Gasteiger partial charge in [-0.25, -0.2) is 0 Å². The molecule has 1 aliphatic rings. The van der Waals surface area contributed by atoms with Crippen molar-refractivity contribution in [1.29, 1.82) is 0 Å². The second kappa shape index (κ2) is 8.17. The number of carbonyl (C=O) groups excluding carboxylic acids is 2. The number of nitrogens with zero attached hydrogens (tertiary/aromatic N) is 2. The maximum absolute atomic E-state index is 12.6. The minimum atomic E-state index is -0.693. The van der Waals surface area contributed by atoms with Crippen LogP contribution in [0.5, 0.6) is 5.75 Å². The van der Waals surface area contributed by atoms with Gasteiger partial charge in [-0.15, -0.1) is 6.58 Å². The fourth-order valence-corrected chi connectivity index (χ4v) is 2.44. The second-order valence-corrected chi connectivity index (χ2v) is 5.49. The average molecular weight is 373 g/mol. The quantitative estimate of drug-likeness (QED) is 0.196. The summed E-state index contributed by atoms with van der Waals surface area (Å²) in [5, 5.41) is 13.4. The maximum atomic E-state index is 12.6. The molecule has 0 aromatic heterocycles. The Balaban J connectivity index is 2.52. The molecule has 9 heteroatoms. The van der Waals surface area contributed by atoms with Crippen LogP contribution < -0.4 is 10.1 Å². The Labute approximate surface area is 154 Å². The highest BCUT2D eigenvalue weighted by atomic mass is 32.1. The summed E-state index contributed by atoms with van der Waals surface area (Å²) in [5.74, 6) is -1.05. The topological polar surface area (TPSA) is 102 Å². The first-order valence-electron chi connectivity index (χ1n) is 7.41. The van der Waals surface area contributed by atoms with Gasteiger partial charge in [-0.2, -0.15) is 0 Å². The molecule has 1 saturated heterocycles. The van der Waals surface area contributed by atoms with Crippen molar-refractivity contribution in [2.24, 2.45) is 0 Å². The molecule has 2 rings (SSSR count). The number of hydrogen-bond donors (Lipinski definition) is 1. The number of nitro benzene ring substituents is 1. The molecule has 1 fully saturated rings. The van der Waals surface area contributed by atoms with Crippen LogP contribution in [0.25, 0.3) is 6.08 Å². The third-order valence-electron chi connectivity index (χ3n) is 3.36. The summed E-state index contributed by atoms with van der Waals surface area (Å²) in [5.41, 5.74) is -0.208. The Morgan fingerprint density at radius 2 is 2.04 bits per heavy atom. The van der Waals surface area contributed by atoms with Crippen LogP contribution in [-0.4, -0.2) is 39.9 Å². The molecule has 2 amide bonds. The van der Waals surface area contributed by atoms with E-state index in [1.807, 2.05) is 0 Å². The smallest absolute Gasteiger partial charge is 0.270 e. The molecule has 8 nitrogen and oxygen atoms in total. The van der Waals surface area contributed by atoms with E-state index in [0.717, 1.165) is 4.90 Å². The minimum absolute atomic E-state index is 0.0285. The van der Waals surface area contributed by atoms with Gasteiger partial charge >= 0.3 is 0 Å². The van der Waals surface area contributed by atoms with Crippen LogP contribution in [0, 0.1) is 10.1 Å². The van der Waals surface area contributed by atoms with Crippen molar-refractivity contribution in [1.82, 2.24) is 10.2 Å². The average Bonchev–Trinajstić information content (AvgIpc) is 2.60. The zero-order valence-electron chi connectivity index (χ0n) is 13.6. The molecule has 1 aromatic carbocycles. The molecule has 26 heavy (non-hydrogen) atoms. The van der Waals surface area contributed by atoms with Crippen LogP contribution in [0.1, 0.15) is 5.56 Å². The molecule has 0 aliphatic carbocycles. The van der Waals surface area contributed by atoms with Crippen molar-refractivity contribution >= 4 is 40.9 Å². The van der Waals surface area contributed by atoms with E-state index in [2.05, 4.69) is 18.5 Å². The Morgan fingerprint density at radius 3 is 2.65 bits per heavy atom. The zero-order valence-corrected chi connectivity index (χ0v) is 14.5. The number of hydrogen-bond acceptors (Lipinski definition) is 6. The first kappa shape index (κ1) is 19.0. The van der Waals surface area contributed by atoms with Gasteiger partial charge < -0.3 is 4.74 Å². The molecule has 1 heterocycles. The van der Waals surface area contributed by atoms with Crippen LogP contribution in [0.2, 0.25) is 0 Å². The first-order chi connectivity index (χ1) is 12.4. The molecule has 0 saturated carbocycles. The normalized spacial score (nSPS) is 15.6. The number of benzene rings is 1. The summed E-state index contributed by atoms with van der Waals surface area (Å²) in [4.78, 5) is 36.3. The van der Waals surface area contributed by atoms with Gasteiger partial charge in [0, 0.05) is 24.2 Å². The lowest BCUT2D eigenvalue weighted by Crippen LogP contribution is -2.53. The second-order valence-electron chi connectivity index (χ2n) is 5.10. The zero-order chi connectivity index (χ0) is 19.3. The lowest BCUT2D eigenvalue weighted by molar-refractivity contribution is -0.384. The van der Waals surface area contributed by atoms with Crippen LogP contribution >= 0.6 is 12.2 Å². The number of nitrogens with one attached hydrogen (secondary N) is 1. The molecule has 1 N–H and O–H groups in total. The number of amides is 2. The number of non-ortho nitro benzene ring substituents is 1. The molecule has 0 spiro atoms. The maximum Gasteiger partial charge on any atom is 0.270 e. The Bertz CT molecular complexity index is 847. The monoisotopic (exact) mass is 373 g/mol. The SMILES string of the molecule is C=CCOc1ccc([N+](=O)[O-])cc1C=C1C(=O)NC(=S)N(CC=C)C1=O. The largest absolute Gasteiger partial charge is 0.489 e. The standard InChI is InChI=1S/C17H15N3O5S/c1-3-7-19-16(22)13(15(21)18-17(19)26)10-11-9-12(20(23)24)5-6-14(11)25-8-4-2/h3-6,9-10H,1-2,7-8H2,(H,18,21,26). The van der Waals surface area contributed by atoms with Gasteiger partial charge in [0.2, 0.25) is 0 Å². The number of ether oxygens (including phenoxy) is 1. The summed E-state index contributed by atoms with van der Waals surface area (Å²) in [6, 6.07) is 3.88. The van der Waals surface area contributed by atoms with Crippen LogP contribution in [0.15, 0.2) is 49.1 Å². The highest BCUT2D eigenvalue weighted by Crippen LogP contribution is 2.27. The Kier molecular flexibility index (Phi) is 5.97. The lowest BCUT2D eigenvalue weighted by Gasteiger charge is -2.27. The van der Waals surface area contributed by atoms with Crippen LogP contribution in [-0.2, 0) is 9.59 Å². The summed E-state index contributed by atoms with van der Waals surface area (Å²) in [6.07, 6.45) is 4.20. The molecule has 0 unspecified atom stereocenters. The van der Waals surface area contributed by atoms with E-state index in [1.165, 1.54) is 36.4 Å². The van der Waals surface area contributed by atoms with Crippen LogP contribution in [0.4, 0.5) is 5.69 Å². The van der Waals surface area contributed by atoms with Crippen molar-refractivity contribution < 1.29 is 19.2 Å². The highest BCUT2D eigenvalue weighted by Gasteiger charge is 2.33. The van der Waals surface area contributed by atoms with Gasteiger partial charge in [0.1, 0.15) is 17.9 Å². The van der Waals surface area contributed by atoms with E-state index in [0.29, 0.717) is 0 Å². The van der Waals surface area contributed by atoms with Crippen molar-refractivity contribution in [3.63, 3.8) is 0 Å². The van der Waals surface area contributed by atoms with Crippen molar-refractivity contribution in [3.8, 4) is 5.75 Å². The number of carbonyl (C=O) groups is 2. The van der Waals surface area contributed by atoms with E-state index in [9.17, 15) is 19.7 Å². The summed E-state index contributed by atoms with van der Waals surface area (Å²) < 4.78 is 5.44. The van der Waals surface area contributed by atoms with E-state index in [-0.39, 0.29) is 40.8 Å². The van der Waals surface area contributed by atoms with Crippen LogP contribution in [0.3, 0.4) is 0 Å². The summed E-state index contributed by atoms with van der Waals surface area (Å²) in [6.45, 7) is 7.34. The highest BCUT2D eigenvalue weighted by molar-refractivity contribution is 7.80. The van der Waals surface area contributed by atoms with Gasteiger partial charge in [0.15, 0.2) is 5.11 Å². The summed E-state index contributed by atoms with van der Waals surface area (Å²) in [7, 11) is 0. The van der Waals surface area contributed by atoms with Gasteiger partial charge in [-0.05, 0) is 24.4 Å². The molecule has 134 valence electrons. The summed E-state index contributed by atoms with van der Waals surface area (Å²) >= 11 is 4.98. The van der Waals surface area contributed by atoms with E-state index in [4.69, 9.17) is 17.0 Å². The third kappa shape index (κ3) is 4.01. The van der Waals surface area contributed by atoms with E-state index < -0.39 is 16.7 Å². The molecule has 1 aromatic rings. The van der Waals surface area contributed by atoms with Gasteiger partial charge in [0.05, 0.1) is 4.92 Å². The minimum Gasteiger partial charge on any atom is -0.489 e. The first-order valence-corrected chi connectivity index (χ1v) is 7.81. The van der Waals surface area contributed by atoms with Crippen molar-refractivity contribution in [2.45, 2.75) is 0 Å². The molecular formula is C17H15N3O5S. The number of thiocarbonyl (C=S) groups is 1. The van der Waals surface area contributed by atoms with Crippen molar-refractivity contribution in [2.75, 3.05) is 13.2 Å². The molecular weight excluding hydrogens is 358 g/mol. The number of rotatable bonds is 7. The Hall–Kier alpha value is -3.33. The van der Waals surface area contributed by atoms with Gasteiger partial charge in [0.25, 0.3) is 17.5 Å². The molecule has 0 radical (unpaired) electrons. The fraction of sp³-hybridized carbons (Fsp3) is 0.118. The van der Waals surface area contributed by atoms with E-state index >= 15 is 0 Å². The van der Waals surface area contributed by atoms with Gasteiger partial charge in [-0.3, -0.25) is 29.9 Å². The predicted molar refractivity (Wildman–Crippen MR) is 99.4 cm³/mol. The Morgan fingerprint density at radius 1 is 1.31 bits per heavy atom.